The van der Waals surface area contributed by atoms with E-state index in [4.69, 9.17) is 26.3 Å². The zero-order valence-corrected chi connectivity index (χ0v) is 15.5. The number of imidazole rings is 1. The molecule has 7 heteroatoms. The molecule has 2 heterocycles. The van der Waals surface area contributed by atoms with Crippen molar-refractivity contribution in [3.05, 3.63) is 52.6 Å². The Morgan fingerprint density at radius 1 is 1.46 bits per heavy atom. The van der Waals surface area contributed by atoms with Crippen LogP contribution in [0.2, 0.25) is 5.02 Å². The van der Waals surface area contributed by atoms with Crippen molar-refractivity contribution in [3.63, 3.8) is 0 Å². The maximum Gasteiger partial charge on any atom is 0.337 e. The minimum atomic E-state index is -1.07. The van der Waals surface area contributed by atoms with Crippen molar-refractivity contribution >= 4 is 17.6 Å². The van der Waals surface area contributed by atoms with E-state index in [1.807, 2.05) is 18.4 Å². The van der Waals surface area contributed by atoms with Crippen LogP contribution >= 0.6 is 11.6 Å². The van der Waals surface area contributed by atoms with Crippen molar-refractivity contribution in [2.24, 2.45) is 0 Å². The standard InChI is InChI=1S/C19H20ClN3O3/c1-13(2)25-7-8-26-18(24)19(6-5-15-11-22-12-23(15)19)16-4-3-14(10-21)9-17(16)20/h3-4,9,11-13H,5-8H2,1-2H3. The van der Waals surface area contributed by atoms with Crippen molar-refractivity contribution in [3.8, 4) is 6.07 Å². The topological polar surface area (TPSA) is 77.1 Å². The van der Waals surface area contributed by atoms with Crippen LogP contribution in [0.4, 0.5) is 0 Å². The number of esters is 1. The molecule has 0 fully saturated rings. The van der Waals surface area contributed by atoms with Gasteiger partial charge in [0.1, 0.15) is 6.61 Å². The summed E-state index contributed by atoms with van der Waals surface area (Å²) in [6, 6.07) is 7.01. The molecule has 0 saturated carbocycles. The van der Waals surface area contributed by atoms with Crippen molar-refractivity contribution in [2.45, 2.75) is 38.3 Å². The van der Waals surface area contributed by atoms with E-state index >= 15 is 0 Å². The van der Waals surface area contributed by atoms with Gasteiger partial charge in [-0.15, -0.1) is 0 Å². The summed E-state index contributed by atoms with van der Waals surface area (Å²) in [7, 11) is 0. The molecule has 0 saturated heterocycles. The fraction of sp³-hybridized carbons (Fsp3) is 0.421. The lowest BCUT2D eigenvalue weighted by molar-refractivity contribution is -0.154. The number of carbonyl (C=O) groups excluding carboxylic acids is 1. The molecule has 1 aromatic carbocycles. The van der Waals surface area contributed by atoms with Gasteiger partial charge >= 0.3 is 5.97 Å². The quantitative estimate of drug-likeness (QED) is 0.574. The van der Waals surface area contributed by atoms with Crippen LogP contribution in [-0.4, -0.2) is 34.8 Å². The number of fused-ring (bicyclic) bond motifs is 1. The van der Waals surface area contributed by atoms with Crippen LogP contribution in [-0.2, 0) is 26.2 Å². The van der Waals surface area contributed by atoms with Gasteiger partial charge in [0.15, 0.2) is 5.54 Å². The zero-order chi connectivity index (χ0) is 18.7. The Labute approximate surface area is 157 Å². The van der Waals surface area contributed by atoms with E-state index in [0.29, 0.717) is 35.6 Å². The highest BCUT2D eigenvalue weighted by atomic mass is 35.5. The van der Waals surface area contributed by atoms with E-state index < -0.39 is 11.5 Å². The maximum atomic E-state index is 13.1. The Bertz CT molecular complexity index is 856. The Morgan fingerprint density at radius 2 is 2.27 bits per heavy atom. The minimum Gasteiger partial charge on any atom is -0.461 e. The van der Waals surface area contributed by atoms with Gasteiger partial charge in [0, 0.05) is 22.5 Å². The second kappa shape index (κ2) is 7.48. The molecule has 136 valence electrons. The van der Waals surface area contributed by atoms with Gasteiger partial charge in [-0.1, -0.05) is 17.7 Å². The predicted octanol–water partition coefficient (Wildman–Crippen LogP) is 3.07. The first kappa shape index (κ1) is 18.4. The molecule has 2 aromatic rings. The van der Waals surface area contributed by atoms with Gasteiger partial charge in [0.25, 0.3) is 0 Å². The molecule has 0 radical (unpaired) electrons. The highest BCUT2D eigenvalue weighted by Crippen LogP contribution is 2.42. The molecule has 6 nitrogen and oxygen atoms in total. The molecule has 1 aromatic heterocycles. The molecule has 0 N–H and O–H groups in total. The predicted molar refractivity (Wildman–Crippen MR) is 95.8 cm³/mol. The van der Waals surface area contributed by atoms with E-state index in [1.54, 1.807) is 30.7 Å². The van der Waals surface area contributed by atoms with Gasteiger partial charge in [-0.25, -0.2) is 9.78 Å². The van der Waals surface area contributed by atoms with Gasteiger partial charge in [0.05, 0.1) is 30.7 Å². The zero-order valence-electron chi connectivity index (χ0n) is 14.7. The van der Waals surface area contributed by atoms with E-state index in [2.05, 4.69) is 11.1 Å². The molecule has 1 aliphatic rings. The molecule has 0 amide bonds. The van der Waals surface area contributed by atoms with E-state index in [9.17, 15) is 4.79 Å². The number of aromatic nitrogens is 2. The largest absolute Gasteiger partial charge is 0.461 e. The number of aryl methyl sites for hydroxylation is 1. The maximum absolute atomic E-state index is 13.1. The molecule has 1 atom stereocenters. The number of nitrogens with zero attached hydrogens (tertiary/aromatic N) is 3. The highest BCUT2D eigenvalue weighted by Gasteiger charge is 2.49. The number of rotatable bonds is 6. The smallest absolute Gasteiger partial charge is 0.337 e. The van der Waals surface area contributed by atoms with Crippen molar-refractivity contribution < 1.29 is 14.3 Å². The van der Waals surface area contributed by atoms with Gasteiger partial charge in [0.2, 0.25) is 0 Å². The highest BCUT2D eigenvalue weighted by molar-refractivity contribution is 6.31. The minimum absolute atomic E-state index is 0.0716. The Balaban J connectivity index is 1.95. The fourth-order valence-corrected chi connectivity index (χ4v) is 3.65. The fourth-order valence-electron chi connectivity index (χ4n) is 3.31. The monoisotopic (exact) mass is 373 g/mol. The normalized spacial score (nSPS) is 18.6. The summed E-state index contributed by atoms with van der Waals surface area (Å²) >= 11 is 6.44. The van der Waals surface area contributed by atoms with Crippen molar-refractivity contribution in [1.29, 1.82) is 5.26 Å². The van der Waals surface area contributed by atoms with Crippen LogP contribution in [0.15, 0.2) is 30.7 Å². The molecule has 0 aliphatic carbocycles. The van der Waals surface area contributed by atoms with Crippen LogP contribution in [0.5, 0.6) is 0 Å². The van der Waals surface area contributed by atoms with Crippen LogP contribution < -0.4 is 0 Å². The summed E-state index contributed by atoms with van der Waals surface area (Å²) in [6.45, 7) is 4.34. The molecular weight excluding hydrogens is 354 g/mol. The number of hydrogen-bond acceptors (Lipinski definition) is 5. The SMILES string of the molecule is CC(C)OCCOC(=O)C1(c2ccc(C#N)cc2Cl)CCc2cncn21. The third-order valence-electron chi connectivity index (χ3n) is 4.52. The van der Waals surface area contributed by atoms with Gasteiger partial charge in [-0.2, -0.15) is 5.26 Å². The lowest BCUT2D eigenvalue weighted by Gasteiger charge is -2.30. The molecule has 3 rings (SSSR count). The van der Waals surface area contributed by atoms with Crippen LogP contribution in [0.25, 0.3) is 0 Å². The first-order valence-corrected chi connectivity index (χ1v) is 8.87. The lowest BCUT2D eigenvalue weighted by Crippen LogP contribution is -2.42. The number of nitriles is 1. The number of hydrogen-bond donors (Lipinski definition) is 0. The van der Waals surface area contributed by atoms with E-state index in [-0.39, 0.29) is 12.7 Å². The molecule has 1 aliphatic heterocycles. The number of ether oxygens (including phenoxy) is 2. The van der Waals surface area contributed by atoms with Crippen LogP contribution in [0.3, 0.4) is 0 Å². The third-order valence-corrected chi connectivity index (χ3v) is 4.83. The van der Waals surface area contributed by atoms with Gasteiger partial charge in [-0.05, 0) is 38.8 Å². The first-order valence-electron chi connectivity index (χ1n) is 8.49. The first-order chi connectivity index (χ1) is 12.5. The summed E-state index contributed by atoms with van der Waals surface area (Å²) in [5.41, 5.74) is 0.927. The summed E-state index contributed by atoms with van der Waals surface area (Å²) in [5.74, 6) is -0.395. The number of carbonyl (C=O) groups is 1. The average molecular weight is 374 g/mol. The van der Waals surface area contributed by atoms with E-state index in [0.717, 1.165) is 5.69 Å². The summed E-state index contributed by atoms with van der Waals surface area (Å²) in [5, 5.41) is 9.44. The van der Waals surface area contributed by atoms with Crippen molar-refractivity contribution in [1.82, 2.24) is 9.55 Å². The average Bonchev–Trinajstić information content (AvgIpc) is 3.21. The van der Waals surface area contributed by atoms with Crippen LogP contribution in [0, 0.1) is 11.3 Å². The molecule has 0 bridgehead atoms. The molecule has 26 heavy (non-hydrogen) atoms. The number of halogens is 1. The van der Waals surface area contributed by atoms with Gasteiger partial charge < -0.3 is 14.0 Å². The lowest BCUT2D eigenvalue weighted by atomic mass is 9.87. The number of benzene rings is 1. The Kier molecular flexibility index (Phi) is 5.30. The Morgan fingerprint density at radius 3 is 2.96 bits per heavy atom. The van der Waals surface area contributed by atoms with Crippen molar-refractivity contribution in [2.75, 3.05) is 13.2 Å². The molecule has 0 spiro atoms. The third kappa shape index (κ3) is 3.20. The summed E-state index contributed by atoms with van der Waals surface area (Å²) in [4.78, 5) is 17.3. The molecular formula is C19H20ClN3O3. The second-order valence-electron chi connectivity index (χ2n) is 6.48. The van der Waals surface area contributed by atoms with Crippen LogP contribution in [0.1, 0.15) is 37.1 Å². The van der Waals surface area contributed by atoms with E-state index in [1.165, 1.54) is 0 Å². The second-order valence-corrected chi connectivity index (χ2v) is 6.88. The Hall–Kier alpha value is -2.36. The molecule has 1 unspecified atom stereocenters. The van der Waals surface area contributed by atoms with Gasteiger partial charge in [-0.3, -0.25) is 0 Å². The summed E-state index contributed by atoms with van der Waals surface area (Å²) < 4.78 is 12.8. The summed E-state index contributed by atoms with van der Waals surface area (Å²) in [6.07, 6.45) is 4.66.